The molecule has 3 rings (SSSR count). The van der Waals surface area contributed by atoms with Gasteiger partial charge in [-0.3, -0.25) is 0 Å². The maximum Gasteiger partial charge on any atom is 0.321 e. The molecule has 0 spiro atoms. The molecule has 0 amide bonds. The number of nitrogens with zero attached hydrogens (tertiary/aromatic N) is 4. The van der Waals surface area contributed by atoms with Crippen molar-refractivity contribution in [3.63, 3.8) is 0 Å². The molecule has 3 aromatic rings. The third kappa shape index (κ3) is 2.87. The van der Waals surface area contributed by atoms with E-state index in [1.165, 1.54) is 11.8 Å². The lowest BCUT2D eigenvalue weighted by Gasteiger charge is -2.10. The van der Waals surface area contributed by atoms with Crippen molar-refractivity contribution in [3.05, 3.63) is 28.5 Å². The van der Waals surface area contributed by atoms with Gasteiger partial charge in [0.2, 0.25) is 5.16 Å². The van der Waals surface area contributed by atoms with Crippen LogP contribution in [0.3, 0.4) is 0 Å². The molecule has 0 aliphatic rings. The van der Waals surface area contributed by atoms with Crippen molar-refractivity contribution in [1.82, 2.24) is 15.1 Å². The number of unbranched alkanes of at least 4 members (excludes halogenated alkanes) is 1. The van der Waals surface area contributed by atoms with Crippen LogP contribution in [-0.2, 0) is 0 Å². The number of thioether (sulfide) groups is 1. The van der Waals surface area contributed by atoms with Gasteiger partial charge in [0.1, 0.15) is 0 Å². The molecular formula is C15H15BrN4OS. The molecule has 114 valence electrons. The van der Waals surface area contributed by atoms with E-state index in [9.17, 15) is 5.11 Å². The van der Waals surface area contributed by atoms with Crippen LogP contribution >= 0.6 is 27.7 Å². The summed E-state index contributed by atoms with van der Waals surface area (Å²) in [5.74, 6) is 1.33. The number of rotatable bonds is 4. The first kappa shape index (κ1) is 15.4. The third-order valence-electron chi connectivity index (χ3n) is 3.33. The topological polar surface area (TPSA) is 65.8 Å². The number of hydrogen-bond donors (Lipinski definition) is 0. The quantitative estimate of drug-likeness (QED) is 0.302. The highest BCUT2D eigenvalue weighted by Gasteiger charge is 2.18. The van der Waals surface area contributed by atoms with Crippen LogP contribution in [0.2, 0.25) is 0 Å². The number of aryl methyl sites for hydroxylation is 1. The third-order valence-corrected chi connectivity index (χ3v) is 4.75. The van der Waals surface area contributed by atoms with Crippen LogP contribution in [0.15, 0.2) is 27.8 Å². The van der Waals surface area contributed by atoms with E-state index in [-0.39, 0.29) is 5.88 Å². The summed E-state index contributed by atoms with van der Waals surface area (Å²) < 4.78 is 2.51. The second kappa shape index (κ2) is 6.34. The van der Waals surface area contributed by atoms with Gasteiger partial charge in [-0.2, -0.15) is 0 Å². The Hall–Kier alpha value is -1.47. The van der Waals surface area contributed by atoms with Crippen molar-refractivity contribution in [2.24, 2.45) is 0 Å². The normalized spacial score (nSPS) is 11.4. The van der Waals surface area contributed by atoms with Gasteiger partial charge >= 0.3 is 5.82 Å². The second-order valence-corrected chi connectivity index (χ2v) is 6.96. The Bertz CT molecular complexity index is 856. The Balaban J connectivity index is 2.21. The van der Waals surface area contributed by atoms with E-state index in [4.69, 9.17) is 0 Å². The van der Waals surface area contributed by atoms with Crippen LogP contribution in [0, 0.1) is 6.92 Å². The average molecular weight is 379 g/mol. The van der Waals surface area contributed by atoms with E-state index in [0.29, 0.717) is 16.5 Å². The Morgan fingerprint density at radius 1 is 1.32 bits per heavy atom. The largest absolute Gasteiger partial charge is 0.856 e. The van der Waals surface area contributed by atoms with E-state index in [1.54, 1.807) is 4.52 Å². The molecule has 0 aliphatic carbocycles. The van der Waals surface area contributed by atoms with Gasteiger partial charge < -0.3 is 5.11 Å². The van der Waals surface area contributed by atoms with E-state index in [0.717, 1.165) is 34.0 Å². The zero-order chi connectivity index (χ0) is 15.7. The Kier molecular flexibility index (Phi) is 4.44. The van der Waals surface area contributed by atoms with Gasteiger partial charge in [0, 0.05) is 23.0 Å². The minimum Gasteiger partial charge on any atom is -0.856 e. The molecule has 1 aromatic carbocycles. The van der Waals surface area contributed by atoms with Crippen LogP contribution in [-0.4, -0.2) is 20.8 Å². The van der Waals surface area contributed by atoms with E-state index < -0.39 is 0 Å². The van der Waals surface area contributed by atoms with Crippen molar-refractivity contribution in [3.8, 4) is 5.88 Å². The van der Waals surface area contributed by atoms with Crippen molar-refractivity contribution in [1.29, 1.82) is 0 Å². The molecule has 2 aromatic heterocycles. The van der Waals surface area contributed by atoms with Crippen LogP contribution in [0.1, 0.15) is 25.6 Å². The van der Waals surface area contributed by atoms with E-state index in [2.05, 4.69) is 37.9 Å². The number of halogens is 1. The molecule has 2 heterocycles. The molecule has 0 N–H and O–H groups in total. The molecule has 0 fully saturated rings. The maximum absolute atomic E-state index is 12.5. The highest BCUT2D eigenvalue weighted by Crippen LogP contribution is 2.25. The molecule has 0 atom stereocenters. The Morgan fingerprint density at radius 3 is 2.91 bits per heavy atom. The maximum atomic E-state index is 12.5. The predicted molar refractivity (Wildman–Crippen MR) is 88.0 cm³/mol. The monoisotopic (exact) mass is 378 g/mol. The number of aromatic nitrogens is 4. The van der Waals surface area contributed by atoms with E-state index in [1.807, 2.05) is 25.1 Å². The van der Waals surface area contributed by atoms with E-state index >= 15 is 0 Å². The number of fused-ring (bicyclic) bond motifs is 3. The van der Waals surface area contributed by atoms with Gasteiger partial charge in [0.15, 0.2) is 11.0 Å². The molecule has 0 bridgehead atoms. The molecular weight excluding hydrogens is 364 g/mol. The second-order valence-electron chi connectivity index (χ2n) is 4.98. The molecule has 0 saturated heterocycles. The minimum atomic E-state index is -0.261. The first-order valence-electron chi connectivity index (χ1n) is 7.10. The van der Waals surface area contributed by atoms with Gasteiger partial charge in [-0.05, 0) is 29.6 Å². The van der Waals surface area contributed by atoms with Crippen molar-refractivity contribution < 1.29 is 9.62 Å². The predicted octanol–water partition coefficient (Wildman–Crippen LogP) is 2.80. The Labute approximate surface area is 140 Å². The lowest BCUT2D eigenvalue weighted by molar-refractivity contribution is -0.598. The van der Waals surface area contributed by atoms with Crippen molar-refractivity contribution in [2.45, 2.75) is 31.8 Å². The van der Waals surface area contributed by atoms with Crippen LogP contribution in [0.5, 0.6) is 5.88 Å². The van der Waals surface area contributed by atoms with Gasteiger partial charge in [-0.1, -0.05) is 50.7 Å². The fourth-order valence-corrected chi connectivity index (χ4v) is 3.50. The lowest BCUT2D eigenvalue weighted by Crippen LogP contribution is -2.34. The van der Waals surface area contributed by atoms with Crippen molar-refractivity contribution in [2.75, 3.05) is 5.75 Å². The van der Waals surface area contributed by atoms with Crippen LogP contribution < -0.4 is 9.62 Å². The fourth-order valence-electron chi connectivity index (χ4n) is 2.24. The summed E-state index contributed by atoms with van der Waals surface area (Å²) in [5.41, 5.74) is 1.25. The number of hydrogen-bond acceptors (Lipinski definition) is 5. The summed E-state index contributed by atoms with van der Waals surface area (Å²) in [5, 5.41) is 18.2. The summed E-state index contributed by atoms with van der Waals surface area (Å²) in [6.07, 6.45) is 2.18. The van der Waals surface area contributed by atoms with Crippen LogP contribution in [0.4, 0.5) is 0 Å². The van der Waals surface area contributed by atoms with Gasteiger partial charge in [-0.15, -0.1) is 0 Å². The SMILES string of the molecule is CCCCSc1nc([O-])c2c3cc(Br)ccc3nc(C)[n+]2n1. The summed E-state index contributed by atoms with van der Waals surface area (Å²) in [6, 6.07) is 5.67. The average Bonchev–Trinajstić information content (AvgIpc) is 2.48. The van der Waals surface area contributed by atoms with Gasteiger partial charge in [0.05, 0.1) is 5.39 Å². The number of benzene rings is 1. The standard InChI is InChI=1S/C15H15BrN4OS/c1-3-4-7-22-15-18-14(21)13-11-8-10(16)5-6-12(11)17-9(2)20(13)19-15/h5-6,8H,3-4,7H2,1-2H3. The first-order valence-corrected chi connectivity index (χ1v) is 8.87. The molecule has 0 saturated carbocycles. The lowest BCUT2D eigenvalue weighted by atomic mass is 10.2. The first-order chi connectivity index (χ1) is 10.6. The fraction of sp³-hybridized carbons (Fsp3) is 0.333. The smallest absolute Gasteiger partial charge is 0.321 e. The van der Waals surface area contributed by atoms with Gasteiger partial charge in [-0.25, -0.2) is 4.98 Å². The highest BCUT2D eigenvalue weighted by atomic mass is 79.9. The summed E-state index contributed by atoms with van der Waals surface area (Å²) in [4.78, 5) is 8.65. The van der Waals surface area contributed by atoms with Crippen molar-refractivity contribution >= 4 is 44.1 Å². The summed E-state index contributed by atoms with van der Waals surface area (Å²) >= 11 is 4.94. The zero-order valence-corrected chi connectivity index (χ0v) is 14.7. The highest BCUT2D eigenvalue weighted by molar-refractivity contribution is 9.10. The molecule has 0 radical (unpaired) electrons. The minimum absolute atomic E-state index is 0.261. The summed E-state index contributed by atoms with van der Waals surface area (Å²) in [6.45, 7) is 3.98. The molecule has 0 unspecified atom stereocenters. The van der Waals surface area contributed by atoms with Crippen LogP contribution in [0.25, 0.3) is 16.4 Å². The molecule has 7 heteroatoms. The molecule has 0 aliphatic heterocycles. The zero-order valence-electron chi connectivity index (χ0n) is 12.3. The summed E-state index contributed by atoms with van der Waals surface area (Å²) in [7, 11) is 0. The van der Waals surface area contributed by atoms with Gasteiger partial charge in [0.25, 0.3) is 0 Å². The molecule has 5 nitrogen and oxygen atoms in total. The Morgan fingerprint density at radius 2 is 2.14 bits per heavy atom. The molecule has 22 heavy (non-hydrogen) atoms.